The van der Waals surface area contributed by atoms with Crippen molar-refractivity contribution in [2.75, 3.05) is 6.61 Å². The number of carbonyl (C=O) groups is 2. The van der Waals surface area contributed by atoms with Gasteiger partial charge in [-0.15, -0.1) is 0 Å². The molecule has 4 nitrogen and oxygen atoms in total. The quantitative estimate of drug-likeness (QED) is 0.629. The topological polar surface area (TPSA) is 46.6 Å². The lowest BCUT2D eigenvalue weighted by atomic mass is 9.81. The van der Waals surface area contributed by atoms with Crippen LogP contribution in [0.1, 0.15) is 30.4 Å². The molecule has 0 bridgehead atoms. The summed E-state index contributed by atoms with van der Waals surface area (Å²) in [4.78, 5) is 27.1. The van der Waals surface area contributed by atoms with Crippen LogP contribution in [0.25, 0.3) is 0 Å². The zero-order chi connectivity index (χ0) is 19.2. The number of halogens is 1. The van der Waals surface area contributed by atoms with Crippen LogP contribution in [-0.4, -0.2) is 23.4 Å². The summed E-state index contributed by atoms with van der Waals surface area (Å²) in [5.41, 5.74) is 2.04. The van der Waals surface area contributed by atoms with E-state index in [2.05, 4.69) is 15.9 Å². The Morgan fingerprint density at radius 3 is 2.52 bits per heavy atom. The monoisotopic (exact) mass is 427 g/mol. The first-order chi connectivity index (χ1) is 13.1. The Labute approximate surface area is 168 Å². The van der Waals surface area contributed by atoms with Crippen molar-refractivity contribution in [3.05, 3.63) is 82.5 Å². The molecule has 1 aliphatic rings. The van der Waals surface area contributed by atoms with Gasteiger partial charge in [-0.2, -0.15) is 0 Å². The van der Waals surface area contributed by atoms with Crippen LogP contribution in [0.2, 0.25) is 0 Å². The molecule has 2 aromatic carbocycles. The fraction of sp³-hybridized carbons (Fsp3) is 0.273. The summed E-state index contributed by atoms with van der Waals surface area (Å²) in [6.45, 7) is 2.56. The van der Waals surface area contributed by atoms with Crippen molar-refractivity contribution in [2.24, 2.45) is 5.92 Å². The highest BCUT2D eigenvalue weighted by Gasteiger charge is 2.37. The van der Waals surface area contributed by atoms with E-state index in [-0.39, 0.29) is 24.2 Å². The Morgan fingerprint density at radius 1 is 1.11 bits per heavy atom. The molecule has 3 rings (SSSR count). The highest BCUT2D eigenvalue weighted by atomic mass is 79.9. The van der Waals surface area contributed by atoms with Crippen LogP contribution in [0.4, 0.5) is 0 Å². The molecule has 0 aromatic heterocycles. The molecule has 0 spiro atoms. The van der Waals surface area contributed by atoms with Gasteiger partial charge in [0.15, 0.2) is 0 Å². The van der Waals surface area contributed by atoms with E-state index >= 15 is 0 Å². The number of allylic oxidation sites excluding steroid dienone is 1. The average molecular weight is 428 g/mol. The minimum absolute atomic E-state index is 0.0600. The SMILES string of the molecule is CCOC(=O)C[C@@H]1C(=O)N(Cc2ccccc2)C=C[C@H]1c1ccccc1Br. The summed E-state index contributed by atoms with van der Waals surface area (Å²) in [5.74, 6) is -1.07. The van der Waals surface area contributed by atoms with E-state index < -0.39 is 5.92 Å². The van der Waals surface area contributed by atoms with E-state index in [1.165, 1.54) is 0 Å². The molecule has 0 saturated heterocycles. The first kappa shape index (κ1) is 19.4. The average Bonchev–Trinajstić information content (AvgIpc) is 2.67. The van der Waals surface area contributed by atoms with Gasteiger partial charge >= 0.3 is 5.97 Å². The molecule has 27 heavy (non-hydrogen) atoms. The van der Waals surface area contributed by atoms with Gasteiger partial charge in [0.2, 0.25) is 5.91 Å². The predicted molar refractivity (Wildman–Crippen MR) is 108 cm³/mol. The summed E-state index contributed by atoms with van der Waals surface area (Å²) >= 11 is 3.57. The Balaban J connectivity index is 1.90. The molecule has 140 valence electrons. The van der Waals surface area contributed by atoms with E-state index in [4.69, 9.17) is 4.74 Å². The number of hydrogen-bond acceptors (Lipinski definition) is 3. The number of nitrogens with zero attached hydrogens (tertiary/aromatic N) is 1. The lowest BCUT2D eigenvalue weighted by molar-refractivity contribution is -0.148. The number of esters is 1. The largest absolute Gasteiger partial charge is 0.466 e. The summed E-state index contributed by atoms with van der Waals surface area (Å²) in [6.07, 6.45) is 3.91. The molecule has 0 saturated carbocycles. The molecular formula is C22H22BrNO3. The summed E-state index contributed by atoms with van der Waals surface area (Å²) < 4.78 is 6.04. The Kier molecular flexibility index (Phi) is 6.45. The van der Waals surface area contributed by atoms with Gasteiger partial charge in [0, 0.05) is 16.6 Å². The zero-order valence-electron chi connectivity index (χ0n) is 15.2. The van der Waals surface area contributed by atoms with Crippen molar-refractivity contribution >= 4 is 27.8 Å². The lowest BCUT2D eigenvalue weighted by Crippen LogP contribution is -2.39. The molecule has 5 heteroatoms. The minimum atomic E-state index is -0.489. The molecule has 0 aliphatic carbocycles. The number of rotatable bonds is 6. The van der Waals surface area contributed by atoms with Gasteiger partial charge in [-0.1, -0.05) is 70.5 Å². The van der Waals surface area contributed by atoms with Crippen molar-refractivity contribution in [1.29, 1.82) is 0 Å². The molecule has 0 radical (unpaired) electrons. The lowest BCUT2D eigenvalue weighted by Gasteiger charge is -2.33. The Hall–Kier alpha value is -2.40. The standard InChI is InChI=1S/C22H22BrNO3/c1-2-27-21(25)14-19-17(18-10-6-7-11-20(18)23)12-13-24(22(19)26)15-16-8-4-3-5-9-16/h3-13,17,19H,2,14-15H2,1H3/t17-,19-/m0/s1. The van der Waals surface area contributed by atoms with Gasteiger partial charge in [0.25, 0.3) is 0 Å². The number of carbonyl (C=O) groups excluding carboxylic acids is 2. The van der Waals surface area contributed by atoms with Crippen molar-refractivity contribution in [3.63, 3.8) is 0 Å². The Morgan fingerprint density at radius 2 is 1.81 bits per heavy atom. The molecule has 1 aliphatic heterocycles. The second kappa shape index (κ2) is 9.00. The maximum absolute atomic E-state index is 13.2. The van der Waals surface area contributed by atoms with Gasteiger partial charge in [-0.25, -0.2) is 0 Å². The molecule has 0 N–H and O–H groups in total. The van der Waals surface area contributed by atoms with Crippen LogP contribution >= 0.6 is 15.9 Å². The first-order valence-electron chi connectivity index (χ1n) is 9.03. The molecule has 0 fully saturated rings. The van der Waals surface area contributed by atoms with E-state index in [1.54, 1.807) is 11.8 Å². The van der Waals surface area contributed by atoms with Crippen LogP contribution in [0, 0.1) is 5.92 Å². The third kappa shape index (κ3) is 4.66. The number of benzene rings is 2. The summed E-state index contributed by atoms with van der Waals surface area (Å²) in [6, 6.07) is 17.6. The number of ether oxygens (including phenoxy) is 1. The van der Waals surface area contributed by atoms with Crippen LogP contribution < -0.4 is 0 Å². The van der Waals surface area contributed by atoms with E-state index in [0.29, 0.717) is 13.2 Å². The number of amides is 1. The summed E-state index contributed by atoms with van der Waals surface area (Å²) in [7, 11) is 0. The zero-order valence-corrected chi connectivity index (χ0v) is 16.8. The summed E-state index contributed by atoms with van der Waals surface area (Å²) in [5, 5.41) is 0. The van der Waals surface area contributed by atoms with Gasteiger partial charge in [0.1, 0.15) is 0 Å². The third-order valence-electron chi connectivity index (χ3n) is 4.66. The molecule has 2 atom stereocenters. The van der Waals surface area contributed by atoms with Crippen molar-refractivity contribution < 1.29 is 14.3 Å². The van der Waals surface area contributed by atoms with Crippen LogP contribution in [0.3, 0.4) is 0 Å². The van der Waals surface area contributed by atoms with Gasteiger partial charge in [0.05, 0.1) is 25.5 Å². The van der Waals surface area contributed by atoms with Crippen LogP contribution in [0.5, 0.6) is 0 Å². The highest BCUT2D eigenvalue weighted by molar-refractivity contribution is 9.10. The Bertz CT molecular complexity index is 834. The van der Waals surface area contributed by atoms with Crippen LogP contribution in [-0.2, 0) is 20.9 Å². The fourth-order valence-electron chi connectivity index (χ4n) is 3.36. The molecular weight excluding hydrogens is 406 g/mol. The van der Waals surface area contributed by atoms with Crippen molar-refractivity contribution in [2.45, 2.75) is 25.8 Å². The third-order valence-corrected chi connectivity index (χ3v) is 5.38. The second-order valence-electron chi connectivity index (χ2n) is 6.46. The van der Waals surface area contributed by atoms with E-state index in [1.807, 2.05) is 66.9 Å². The molecule has 0 unspecified atom stereocenters. The van der Waals surface area contributed by atoms with Gasteiger partial charge in [-0.3, -0.25) is 9.59 Å². The smallest absolute Gasteiger partial charge is 0.306 e. The van der Waals surface area contributed by atoms with E-state index in [9.17, 15) is 9.59 Å². The fourth-order valence-corrected chi connectivity index (χ4v) is 3.91. The molecule has 2 aromatic rings. The van der Waals surface area contributed by atoms with Crippen LogP contribution in [0.15, 0.2) is 71.3 Å². The molecule has 1 amide bonds. The second-order valence-corrected chi connectivity index (χ2v) is 7.31. The minimum Gasteiger partial charge on any atom is -0.466 e. The van der Waals surface area contributed by atoms with Gasteiger partial charge < -0.3 is 9.64 Å². The predicted octanol–water partition coefficient (Wildman–Crippen LogP) is 4.66. The maximum Gasteiger partial charge on any atom is 0.306 e. The normalized spacial score (nSPS) is 19.2. The number of hydrogen-bond donors (Lipinski definition) is 0. The molecule has 1 heterocycles. The van der Waals surface area contributed by atoms with Gasteiger partial charge in [-0.05, 0) is 24.1 Å². The first-order valence-corrected chi connectivity index (χ1v) is 9.82. The van der Waals surface area contributed by atoms with Crippen molar-refractivity contribution in [1.82, 2.24) is 4.90 Å². The van der Waals surface area contributed by atoms with Crippen molar-refractivity contribution in [3.8, 4) is 0 Å². The van der Waals surface area contributed by atoms with E-state index in [0.717, 1.165) is 15.6 Å². The maximum atomic E-state index is 13.2. The highest BCUT2D eigenvalue weighted by Crippen LogP contribution is 2.37.